The molecule has 2 aromatic rings. The molecular formula is C24H34N2O7S. The van der Waals surface area contributed by atoms with Crippen molar-refractivity contribution in [3.05, 3.63) is 35.9 Å². The molecule has 0 unspecified atom stereocenters. The maximum Gasteiger partial charge on any atom is 0.256 e. The van der Waals surface area contributed by atoms with Crippen LogP contribution in [0.4, 0.5) is 5.69 Å². The Labute approximate surface area is 202 Å². The van der Waals surface area contributed by atoms with Crippen LogP contribution in [0.5, 0.6) is 23.0 Å². The highest BCUT2D eigenvalue weighted by Gasteiger charge is 2.24. The molecule has 0 saturated carbocycles. The fourth-order valence-corrected chi connectivity index (χ4v) is 4.86. The maximum absolute atomic E-state index is 13.2. The zero-order valence-corrected chi connectivity index (χ0v) is 21.5. The van der Waals surface area contributed by atoms with Crippen LogP contribution >= 0.6 is 0 Å². The maximum atomic E-state index is 13.2. The minimum atomic E-state index is -3.72. The third kappa shape index (κ3) is 6.12. The van der Waals surface area contributed by atoms with Gasteiger partial charge in [0.05, 0.1) is 37.5 Å². The van der Waals surface area contributed by atoms with Crippen molar-refractivity contribution in [2.75, 3.05) is 45.3 Å². The normalized spacial score (nSPS) is 11.3. The van der Waals surface area contributed by atoms with Gasteiger partial charge in [-0.2, -0.15) is 4.31 Å². The summed E-state index contributed by atoms with van der Waals surface area (Å²) in [6, 6.07) is 7.50. The van der Waals surface area contributed by atoms with Gasteiger partial charge in [-0.25, -0.2) is 8.42 Å². The first-order valence-electron chi connectivity index (χ1n) is 11.3. The molecule has 0 atom stereocenters. The van der Waals surface area contributed by atoms with Crippen LogP contribution in [0.1, 0.15) is 45.0 Å². The van der Waals surface area contributed by atoms with E-state index in [4.69, 9.17) is 18.9 Å². The Bertz CT molecular complexity index is 1060. The molecule has 2 rings (SSSR count). The van der Waals surface area contributed by atoms with Crippen LogP contribution < -0.4 is 24.3 Å². The highest BCUT2D eigenvalue weighted by Crippen LogP contribution is 2.39. The molecular weight excluding hydrogens is 460 g/mol. The second kappa shape index (κ2) is 12.5. The Kier molecular flexibility index (Phi) is 10.0. The fourth-order valence-electron chi connectivity index (χ4n) is 3.37. The van der Waals surface area contributed by atoms with E-state index in [9.17, 15) is 13.2 Å². The van der Waals surface area contributed by atoms with Crippen molar-refractivity contribution in [3.8, 4) is 23.0 Å². The topological polar surface area (TPSA) is 103 Å². The van der Waals surface area contributed by atoms with Gasteiger partial charge in [0.1, 0.15) is 5.75 Å². The number of nitrogens with one attached hydrogen (secondary N) is 1. The summed E-state index contributed by atoms with van der Waals surface area (Å²) in [5, 5.41) is 2.76. The third-order valence-electron chi connectivity index (χ3n) is 4.93. The number of rotatable bonds is 13. The first-order chi connectivity index (χ1) is 16.3. The summed E-state index contributed by atoms with van der Waals surface area (Å²) < 4.78 is 49.7. The number of carbonyl (C=O) groups is 1. The lowest BCUT2D eigenvalue weighted by molar-refractivity contribution is 0.102. The van der Waals surface area contributed by atoms with Crippen LogP contribution in [0.3, 0.4) is 0 Å². The van der Waals surface area contributed by atoms with Crippen molar-refractivity contribution in [1.82, 2.24) is 4.31 Å². The molecule has 1 N–H and O–H groups in total. The summed E-state index contributed by atoms with van der Waals surface area (Å²) in [6.45, 7) is 10.8. The molecule has 0 fully saturated rings. The molecule has 0 aliphatic rings. The van der Waals surface area contributed by atoms with E-state index in [2.05, 4.69) is 5.32 Å². The van der Waals surface area contributed by atoms with E-state index in [1.54, 1.807) is 26.0 Å². The predicted octanol–water partition coefficient (Wildman–Crippen LogP) is 4.17. The van der Waals surface area contributed by atoms with Gasteiger partial charge in [0.15, 0.2) is 11.5 Å². The summed E-state index contributed by atoms with van der Waals surface area (Å²) in [5.74, 6) is 1.02. The van der Waals surface area contributed by atoms with Gasteiger partial charge >= 0.3 is 0 Å². The van der Waals surface area contributed by atoms with Gasteiger partial charge < -0.3 is 24.3 Å². The lowest BCUT2D eigenvalue weighted by Crippen LogP contribution is -2.30. The summed E-state index contributed by atoms with van der Waals surface area (Å²) in [4.78, 5) is 13.3. The molecule has 34 heavy (non-hydrogen) atoms. The van der Waals surface area contributed by atoms with Crippen LogP contribution in [0.2, 0.25) is 0 Å². The van der Waals surface area contributed by atoms with E-state index in [0.717, 1.165) is 0 Å². The number of benzene rings is 2. The van der Waals surface area contributed by atoms with Gasteiger partial charge in [-0.3, -0.25) is 4.79 Å². The molecule has 0 aliphatic carbocycles. The monoisotopic (exact) mass is 494 g/mol. The summed E-state index contributed by atoms with van der Waals surface area (Å²) in [5.41, 5.74) is 0.486. The molecule has 2 aromatic carbocycles. The fraction of sp³-hybridized carbons (Fsp3) is 0.458. The van der Waals surface area contributed by atoms with Gasteiger partial charge in [0, 0.05) is 18.7 Å². The van der Waals surface area contributed by atoms with E-state index >= 15 is 0 Å². The number of carbonyl (C=O) groups excluding carboxylic acids is 1. The Hall–Kier alpha value is -2.98. The standard InChI is InChI=1S/C24H34N2O7S/c1-7-26(8-2)34(28,29)18-12-13-20(30-6)19(16-18)25-24(27)17-14-21(31-9-3)23(33-11-5)22(15-17)32-10-4/h12-16H,7-11H2,1-6H3,(H,25,27). The second-order valence-corrected chi connectivity index (χ2v) is 8.94. The van der Waals surface area contributed by atoms with Crippen LogP contribution in [-0.2, 0) is 10.0 Å². The molecule has 0 radical (unpaired) electrons. The molecule has 0 bridgehead atoms. The van der Waals surface area contributed by atoms with Gasteiger partial charge in [-0.05, 0) is 51.1 Å². The Morgan fingerprint density at radius 2 is 1.41 bits per heavy atom. The van der Waals surface area contributed by atoms with Crippen molar-refractivity contribution < 1.29 is 32.2 Å². The quantitative estimate of drug-likeness (QED) is 0.446. The van der Waals surface area contributed by atoms with Crippen molar-refractivity contribution in [2.24, 2.45) is 0 Å². The summed E-state index contributed by atoms with van der Waals surface area (Å²) in [7, 11) is -2.27. The number of amides is 1. The van der Waals surface area contributed by atoms with Gasteiger partial charge in [0.2, 0.25) is 15.8 Å². The number of nitrogens with zero attached hydrogens (tertiary/aromatic N) is 1. The average molecular weight is 495 g/mol. The molecule has 0 saturated heterocycles. The zero-order chi connectivity index (χ0) is 25.3. The molecule has 9 nitrogen and oxygen atoms in total. The first kappa shape index (κ1) is 27.3. The van der Waals surface area contributed by atoms with Crippen molar-refractivity contribution in [2.45, 2.75) is 39.5 Å². The molecule has 0 spiro atoms. The summed E-state index contributed by atoms with van der Waals surface area (Å²) in [6.07, 6.45) is 0. The smallest absolute Gasteiger partial charge is 0.256 e. The Morgan fingerprint density at radius 1 is 0.853 bits per heavy atom. The first-order valence-corrected chi connectivity index (χ1v) is 12.8. The molecule has 0 aliphatic heterocycles. The average Bonchev–Trinajstić information content (AvgIpc) is 2.81. The SMILES string of the molecule is CCOc1cc(C(=O)Nc2cc(S(=O)(=O)N(CC)CC)ccc2OC)cc(OCC)c1OCC. The Morgan fingerprint density at radius 3 is 1.88 bits per heavy atom. The van der Waals surface area contributed by atoms with E-state index in [0.29, 0.717) is 55.9 Å². The van der Waals surface area contributed by atoms with Crippen molar-refractivity contribution in [1.29, 1.82) is 0 Å². The number of anilines is 1. The second-order valence-electron chi connectivity index (χ2n) is 7.01. The van der Waals surface area contributed by atoms with Gasteiger partial charge in [-0.15, -0.1) is 0 Å². The molecule has 10 heteroatoms. The third-order valence-corrected chi connectivity index (χ3v) is 6.98. The van der Waals surface area contributed by atoms with Crippen LogP contribution in [0.15, 0.2) is 35.2 Å². The highest BCUT2D eigenvalue weighted by atomic mass is 32.2. The van der Waals surface area contributed by atoms with Gasteiger partial charge in [-0.1, -0.05) is 13.8 Å². The highest BCUT2D eigenvalue weighted by molar-refractivity contribution is 7.89. The van der Waals surface area contributed by atoms with Crippen LogP contribution in [0, 0.1) is 0 Å². The molecule has 0 aromatic heterocycles. The number of sulfonamides is 1. The molecule has 1 amide bonds. The van der Waals surface area contributed by atoms with Crippen LogP contribution in [-0.4, -0.2) is 58.7 Å². The van der Waals surface area contributed by atoms with E-state index in [1.165, 1.54) is 29.6 Å². The predicted molar refractivity (Wildman–Crippen MR) is 131 cm³/mol. The Balaban J connectivity index is 2.50. The minimum absolute atomic E-state index is 0.0593. The van der Waals surface area contributed by atoms with Crippen molar-refractivity contribution >= 4 is 21.6 Å². The largest absolute Gasteiger partial charge is 0.495 e. The molecule has 188 valence electrons. The number of hydrogen-bond acceptors (Lipinski definition) is 7. The number of methoxy groups -OCH3 is 1. The lowest BCUT2D eigenvalue weighted by Gasteiger charge is -2.20. The van der Waals surface area contributed by atoms with Crippen molar-refractivity contribution in [3.63, 3.8) is 0 Å². The number of ether oxygens (including phenoxy) is 4. The van der Waals surface area contributed by atoms with Crippen LogP contribution in [0.25, 0.3) is 0 Å². The lowest BCUT2D eigenvalue weighted by atomic mass is 10.1. The van der Waals surface area contributed by atoms with E-state index < -0.39 is 15.9 Å². The van der Waals surface area contributed by atoms with E-state index in [1.807, 2.05) is 20.8 Å². The summed E-state index contributed by atoms with van der Waals surface area (Å²) >= 11 is 0. The molecule has 0 heterocycles. The minimum Gasteiger partial charge on any atom is -0.495 e. The van der Waals surface area contributed by atoms with Gasteiger partial charge in [0.25, 0.3) is 5.91 Å². The zero-order valence-electron chi connectivity index (χ0n) is 20.6. The number of hydrogen-bond donors (Lipinski definition) is 1. The van der Waals surface area contributed by atoms with E-state index in [-0.39, 0.29) is 16.1 Å².